The first-order valence-corrected chi connectivity index (χ1v) is 14.4. The van der Waals surface area contributed by atoms with Crippen molar-refractivity contribution in [3.8, 4) is 0 Å². The predicted molar refractivity (Wildman–Crippen MR) is 166 cm³/mol. The molecule has 1 aliphatic rings. The number of para-hydroxylation sites is 1. The maximum absolute atomic E-state index is 14.4. The molecule has 0 bridgehead atoms. The van der Waals surface area contributed by atoms with E-state index < -0.39 is 36.1 Å². The van der Waals surface area contributed by atoms with E-state index in [1.165, 1.54) is 12.0 Å². The van der Waals surface area contributed by atoms with Crippen LogP contribution in [0.2, 0.25) is 0 Å². The van der Waals surface area contributed by atoms with E-state index >= 15 is 0 Å². The maximum Gasteiger partial charge on any atom is 0.320 e. The van der Waals surface area contributed by atoms with E-state index in [0.717, 1.165) is 11.1 Å². The predicted octanol–water partition coefficient (Wildman–Crippen LogP) is 4.50. The molecule has 3 aromatic carbocycles. The summed E-state index contributed by atoms with van der Waals surface area (Å²) in [5.41, 5.74) is 2.01. The molecule has 232 valence electrons. The van der Waals surface area contributed by atoms with Gasteiger partial charge >= 0.3 is 12.0 Å². The van der Waals surface area contributed by atoms with Crippen LogP contribution in [-0.4, -0.2) is 57.0 Å². The van der Waals surface area contributed by atoms with Crippen molar-refractivity contribution in [2.45, 2.75) is 45.4 Å². The molecular weight excluding hydrogens is 564 g/mol. The molecule has 4 rings (SSSR count). The van der Waals surface area contributed by atoms with Crippen molar-refractivity contribution in [1.29, 1.82) is 0 Å². The molecular formula is C33H38N4O7. The summed E-state index contributed by atoms with van der Waals surface area (Å²) in [6.45, 7) is 6.40. The number of hydrogen-bond donors (Lipinski definition) is 3. The third kappa shape index (κ3) is 7.61. The summed E-state index contributed by atoms with van der Waals surface area (Å²) in [6.07, 6.45) is -1.01. The van der Waals surface area contributed by atoms with Gasteiger partial charge in [0.1, 0.15) is 0 Å². The van der Waals surface area contributed by atoms with Crippen LogP contribution in [0.25, 0.3) is 0 Å². The monoisotopic (exact) mass is 602 g/mol. The van der Waals surface area contributed by atoms with Crippen LogP contribution in [-0.2, 0) is 40.6 Å². The van der Waals surface area contributed by atoms with E-state index in [1.54, 1.807) is 60.7 Å². The van der Waals surface area contributed by atoms with Gasteiger partial charge in [-0.3, -0.25) is 14.4 Å². The first kappa shape index (κ1) is 32.2. The molecule has 3 N–H and O–H groups in total. The SMILES string of the molecule is CCOC(CN1C(=O)[C@@](CC(=O)Nc2ccc(CC(=O)OC)cc2)(NC(=O)Nc2ccc(C)cc2)c2ccccc21)OCC. The van der Waals surface area contributed by atoms with Gasteiger partial charge in [-0.05, 0) is 56.7 Å². The molecule has 4 amide bonds. The molecule has 0 saturated carbocycles. The fraction of sp³-hybridized carbons (Fsp3) is 0.333. The summed E-state index contributed by atoms with van der Waals surface area (Å²) >= 11 is 0. The highest BCUT2D eigenvalue weighted by Gasteiger charge is 2.53. The maximum atomic E-state index is 14.4. The van der Waals surface area contributed by atoms with Crippen molar-refractivity contribution >= 4 is 40.9 Å². The Hall–Kier alpha value is -4.74. The van der Waals surface area contributed by atoms with Gasteiger partial charge in [-0.2, -0.15) is 0 Å². The van der Waals surface area contributed by atoms with Gasteiger partial charge in [-0.15, -0.1) is 0 Å². The first-order valence-electron chi connectivity index (χ1n) is 14.4. The number of ether oxygens (including phenoxy) is 3. The lowest BCUT2D eigenvalue weighted by atomic mass is 9.87. The van der Waals surface area contributed by atoms with Crippen LogP contribution >= 0.6 is 0 Å². The Morgan fingerprint density at radius 2 is 1.48 bits per heavy atom. The van der Waals surface area contributed by atoms with Crippen molar-refractivity contribution in [2.75, 3.05) is 42.4 Å². The number of aryl methyl sites for hydroxylation is 1. The van der Waals surface area contributed by atoms with Gasteiger partial charge in [0.05, 0.1) is 32.2 Å². The Balaban J connectivity index is 1.65. The third-order valence-corrected chi connectivity index (χ3v) is 7.18. The van der Waals surface area contributed by atoms with E-state index in [-0.39, 0.29) is 18.9 Å². The standard InChI is InChI=1S/C33H38N4O7/c1-5-43-30(44-6-2)21-37-27-10-8-7-9-26(27)33(31(37)40,36-32(41)35-25-15-11-22(3)12-16-25)20-28(38)34-24-17-13-23(14-18-24)19-29(39)42-4/h7-18,30H,5-6,19-21H2,1-4H3,(H,34,38)(H2,35,36,41)/t33-/m0/s1. The Labute approximate surface area is 256 Å². The molecule has 0 aromatic heterocycles. The fourth-order valence-corrected chi connectivity index (χ4v) is 5.10. The van der Waals surface area contributed by atoms with Gasteiger partial charge < -0.3 is 35.1 Å². The molecule has 1 aliphatic heterocycles. The summed E-state index contributed by atoms with van der Waals surface area (Å²) in [7, 11) is 1.32. The van der Waals surface area contributed by atoms with Crippen molar-refractivity contribution in [1.82, 2.24) is 5.32 Å². The third-order valence-electron chi connectivity index (χ3n) is 7.18. The van der Waals surface area contributed by atoms with Gasteiger partial charge in [0.25, 0.3) is 5.91 Å². The number of fused-ring (bicyclic) bond motifs is 1. The number of esters is 1. The number of anilines is 3. The smallest absolute Gasteiger partial charge is 0.320 e. The van der Waals surface area contributed by atoms with E-state index in [4.69, 9.17) is 14.2 Å². The molecule has 11 heteroatoms. The average Bonchev–Trinajstić information content (AvgIpc) is 3.22. The van der Waals surface area contributed by atoms with Crippen LogP contribution in [0.3, 0.4) is 0 Å². The number of urea groups is 1. The number of hydrogen-bond acceptors (Lipinski definition) is 7. The second-order valence-electron chi connectivity index (χ2n) is 10.3. The van der Waals surface area contributed by atoms with E-state index in [1.807, 2.05) is 32.9 Å². The second-order valence-corrected chi connectivity index (χ2v) is 10.3. The summed E-state index contributed by atoms with van der Waals surface area (Å²) < 4.78 is 16.2. The zero-order chi connectivity index (χ0) is 31.7. The fourth-order valence-electron chi connectivity index (χ4n) is 5.10. The Morgan fingerprint density at radius 1 is 0.864 bits per heavy atom. The quantitative estimate of drug-likeness (QED) is 0.194. The first-order chi connectivity index (χ1) is 21.2. The minimum atomic E-state index is -1.73. The normalized spacial score (nSPS) is 15.6. The van der Waals surface area contributed by atoms with Crippen molar-refractivity contribution < 1.29 is 33.4 Å². The molecule has 1 heterocycles. The minimum Gasteiger partial charge on any atom is -0.469 e. The lowest BCUT2D eigenvalue weighted by Crippen LogP contribution is -2.56. The lowest BCUT2D eigenvalue weighted by Gasteiger charge is -2.30. The molecule has 0 radical (unpaired) electrons. The number of carbonyl (C=O) groups is 4. The molecule has 0 fully saturated rings. The number of carbonyl (C=O) groups excluding carboxylic acids is 4. The summed E-state index contributed by atoms with van der Waals surface area (Å²) in [5.74, 6) is -1.37. The highest BCUT2D eigenvalue weighted by atomic mass is 16.7. The van der Waals surface area contributed by atoms with Crippen LogP contribution in [0, 0.1) is 6.92 Å². The van der Waals surface area contributed by atoms with Crippen LogP contribution in [0.1, 0.15) is 37.0 Å². The van der Waals surface area contributed by atoms with Gasteiger partial charge in [0, 0.05) is 30.2 Å². The summed E-state index contributed by atoms with van der Waals surface area (Å²) in [5, 5.41) is 8.44. The number of rotatable bonds is 13. The molecule has 0 unspecified atom stereocenters. The number of nitrogens with zero attached hydrogens (tertiary/aromatic N) is 1. The van der Waals surface area contributed by atoms with Gasteiger partial charge in [-0.25, -0.2) is 4.79 Å². The van der Waals surface area contributed by atoms with Crippen molar-refractivity contribution in [2.24, 2.45) is 0 Å². The number of amides is 4. The number of methoxy groups -OCH3 is 1. The molecule has 11 nitrogen and oxygen atoms in total. The molecule has 44 heavy (non-hydrogen) atoms. The largest absolute Gasteiger partial charge is 0.469 e. The van der Waals surface area contributed by atoms with Gasteiger partial charge in [0.15, 0.2) is 11.8 Å². The highest BCUT2D eigenvalue weighted by molar-refractivity contribution is 6.12. The van der Waals surface area contributed by atoms with Crippen LogP contribution < -0.4 is 20.9 Å². The van der Waals surface area contributed by atoms with E-state index in [0.29, 0.717) is 35.8 Å². The Morgan fingerprint density at radius 3 is 2.11 bits per heavy atom. The molecule has 0 spiro atoms. The van der Waals surface area contributed by atoms with Crippen LogP contribution in [0.5, 0.6) is 0 Å². The van der Waals surface area contributed by atoms with Crippen molar-refractivity contribution in [3.63, 3.8) is 0 Å². The summed E-state index contributed by atoms with van der Waals surface area (Å²) in [4.78, 5) is 54.5. The number of nitrogens with one attached hydrogen (secondary N) is 3. The van der Waals surface area contributed by atoms with Gasteiger partial charge in [0.2, 0.25) is 5.91 Å². The zero-order valence-corrected chi connectivity index (χ0v) is 25.3. The van der Waals surface area contributed by atoms with Crippen LogP contribution in [0.4, 0.5) is 21.9 Å². The van der Waals surface area contributed by atoms with Crippen LogP contribution in [0.15, 0.2) is 72.8 Å². The highest BCUT2D eigenvalue weighted by Crippen LogP contribution is 2.43. The Kier molecular flexibility index (Phi) is 10.7. The summed E-state index contributed by atoms with van der Waals surface area (Å²) in [6, 6.07) is 20.3. The Bertz CT molecular complexity index is 1470. The van der Waals surface area contributed by atoms with E-state index in [9.17, 15) is 19.2 Å². The van der Waals surface area contributed by atoms with Gasteiger partial charge in [-0.1, -0.05) is 48.0 Å². The van der Waals surface area contributed by atoms with Crippen molar-refractivity contribution in [3.05, 3.63) is 89.5 Å². The molecule has 0 saturated heterocycles. The second kappa shape index (κ2) is 14.6. The minimum absolute atomic E-state index is 0.0593. The topological polar surface area (TPSA) is 135 Å². The zero-order valence-electron chi connectivity index (χ0n) is 25.3. The van der Waals surface area contributed by atoms with E-state index in [2.05, 4.69) is 16.0 Å². The molecule has 3 aromatic rings. The lowest BCUT2D eigenvalue weighted by molar-refractivity contribution is -0.139. The molecule has 1 atom stereocenters. The number of benzene rings is 3. The average molecular weight is 603 g/mol. The molecule has 0 aliphatic carbocycles.